The Hall–Kier alpha value is -3.97. The predicted molar refractivity (Wildman–Crippen MR) is 136 cm³/mol. The lowest BCUT2D eigenvalue weighted by molar-refractivity contribution is -0.0682. The van der Waals surface area contributed by atoms with Crippen LogP contribution in [0.2, 0.25) is 0 Å². The largest absolute Gasteiger partial charge is 0.387 e. The van der Waals surface area contributed by atoms with Crippen LogP contribution < -0.4 is 4.90 Å². The summed E-state index contributed by atoms with van der Waals surface area (Å²) < 4.78 is 27.0. The normalized spacial score (nSPS) is 21.5. The van der Waals surface area contributed by atoms with E-state index >= 15 is 0 Å². The van der Waals surface area contributed by atoms with Crippen LogP contribution in [0.15, 0.2) is 61.4 Å². The summed E-state index contributed by atoms with van der Waals surface area (Å²) in [5, 5.41) is 22.4. The van der Waals surface area contributed by atoms with Crippen molar-refractivity contribution >= 4 is 28.0 Å². The molecule has 1 saturated heterocycles. The average Bonchev–Trinajstić information content (AvgIpc) is 3.62. The second-order valence-corrected chi connectivity index (χ2v) is 9.33. The van der Waals surface area contributed by atoms with Gasteiger partial charge in [0.1, 0.15) is 36.1 Å². The quantitative estimate of drug-likeness (QED) is 0.282. The number of benzene rings is 1. The first-order valence-electron chi connectivity index (χ1n) is 12.1. The molecule has 1 aliphatic heterocycles. The highest BCUT2D eigenvalue weighted by atomic mass is 19.1. The summed E-state index contributed by atoms with van der Waals surface area (Å²) in [5.74, 6) is 0.231. The van der Waals surface area contributed by atoms with Crippen LogP contribution >= 0.6 is 0 Å². The van der Waals surface area contributed by atoms with Gasteiger partial charge in [-0.3, -0.25) is 4.57 Å². The smallest absolute Gasteiger partial charge is 0.167 e. The van der Waals surface area contributed by atoms with E-state index in [0.717, 1.165) is 22.2 Å². The van der Waals surface area contributed by atoms with E-state index in [-0.39, 0.29) is 19.0 Å². The van der Waals surface area contributed by atoms with Gasteiger partial charge in [-0.05, 0) is 35.4 Å². The number of aromatic amines is 1. The minimum absolute atomic E-state index is 0.0726. The van der Waals surface area contributed by atoms with Gasteiger partial charge in [0.15, 0.2) is 23.2 Å². The van der Waals surface area contributed by atoms with E-state index in [1.165, 1.54) is 24.8 Å². The zero-order valence-corrected chi connectivity index (χ0v) is 20.5. The molecule has 1 aromatic carbocycles. The van der Waals surface area contributed by atoms with Gasteiger partial charge in [0, 0.05) is 31.4 Å². The molecule has 11 nitrogen and oxygen atoms in total. The van der Waals surface area contributed by atoms with Crippen molar-refractivity contribution in [2.75, 3.05) is 18.6 Å². The van der Waals surface area contributed by atoms with E-state index in [0.29, 0.717) is 23.5 Å². The van der Waals surface area contributed by atoms with Crippen molar-refractivity contribution < 1.29 is 24.1 Å². The number of hydrogen-bond acceptors (Lipinski definition) is 9. The molecule has 0 saturated carbocycles. The maximum absolute atomic E-state index is 13.6. The van der Waals surface area contributed by atoms with Gasteiger partial charge in [-0.25, -0.2) is 24.3 Å². The summed E-state index contributed by atoms with van der Waals surface area (Å²) in [4.78, 5) is 22.4. The molecule has 5 aromatic rings. The number of rotatable bonds is 8. The van der Waals surface area contributed by atoms with Gasteiger partial charge in [-0.15, -0.1) is 0 Å². The van der Waals surface area contributed by atoms with Gasteiger partial charge in [0.05, 0.1) is 19.5 Å². The van der Waals surface area contributed by atoms with Crippen molar-refractivity contribution in [3.05, 3.63) is 78.4 Å². The van der Waals surface area contributed by atoms with E-state index in [1.807, 2.05) is 36.3 Å². The van der Waals surface area contributed by atoms with Crippen LogP contribution in [-0.2, 0) is 22.6 Å². The van der Waals surface area contributed by atoms with Gasteiger partial charge in [-0.1, -0.05) is 12.1 Å². The van der Waals surface area contributed by atoms with Gasteiger partial charge < -0.3 is 29.6 Å². The third kappa shape index (κ3) is 4.58. The van der Waals surface area contributed by atoms with Crippen molar-refractivity contribution in [2.24, 2.45) is 0 Å². The number of nitrogens with zero attached hydrogens (tertiary/aromatic N) is 6. The molecule has 1 aliphatic rings. The van der Waals surface area contributed by atoms with Crippen LogP contribution in [0.5, 0.6) is 0 Å². The minimum Gasteiger partial charge on any atom is -0.387 e. The van der Waals surface area contributed by atoms with E-state index in [2.05, 4.69) is 24.9 Å². The number of imidazole rings is 1. The lowest BCUT2D eigenvalue weighted by atomic mass is 10.1. The number of anilines is 1. The third-order valence-electron chi connectivity index (χ3n) is 6.63. The molecule has 4 aromatic heterocycles. The van der Waals surface area contributed by atoms with Crippen LogP contribution in [0.1, 0.15) is 17.4 Å². The minimum atomic E-state index is -1.22. The second-order valence-electron chi connectivity index (χ2n) is 9.33. The Bertz CT molecular complexity index is 1570. The monoisotopic (exact) mass is 519 g/mol. The van der Waals surface area contributed by atoms with Crippen molar-refractivity contribution in [3.8, 4) is 0 Å². The first kappa shape index (κ1) is 24.4. The van der Waals surface area contributed by atoms with Crippen molar-refractivity contribution in [1.29, 1.82) is 0 Å². The van der Waals surface area contributed by atoms with E-state index in [9.17, 15) is 14.6 Å². The molecule has 0 radical (unpaired) electrons. The Labute approximate surface area is 216 Å². The molecule has 4 atom stereocenters. The Morgan fingerprint density at radius 3 is 2.87 bits per heavy atom. The molecule has 0 bridgehead atoms. The maximum Gasteiger partial charge on any atom is 0.167 e. The van der Waals surface area contributed by atoms with Gasteiger partial charge in [0.2, 0.25) is 0 Å². The first-order chi connectivity index (χ1) is 18.5. The fourth-order valence-corrected chi connectivity index (χ4v) is 4.74. The highest BCUT2D eigenvalue weighted by Gasteiger charge is 2.44. The molecule has 0 spiro atoms. The number of hydrogen-bond donors (Lipinski definition) is 3. The lowest BCUT2D eigenvalue weighted by Crippen LogP contribution is -2.33. The van der Waals surface area contributed by atoms with E-state index < -0.39 is 24.5 Å². The number of H-pyrrole nitrogens is 1. The van der Waals surface area contributed by atoms with Gasteiger partial charge in [-0.2, -0.15) is 0 Å². The van der Waals surface area contributed by atoms with Crippen molar-refractivity contribution in [3.63, 3.8) is 0 Å². The number of ether oxygens (including phenoxy) is 2. The molecule has 1 fully saturated rings. The molecule has 12 heteroatoms. The summed E-state index contributed by atoms with van der Waals surface area (Å²) in [7, 11) is 1.83. The third-order valence-corrected chi connectivity index (χ3v) is 6.63. The van der Waals surface area contributed by atoms with Crippen LogP contribution in [0.4, 0.5) is 10.2 Å². The Morgan fingerprint density at radius 2 is 2.00 bits per heavy atom. The summed E-state index contributed by atoms with van der Waals surface area (Å²) in [6, 6.07) is 10.3. The highest BCUT2D eigenvalue weighted by Crippen LogP contribution is 2.33. The number of aliphatic hydroxyl groups excluding tert-OH is 2. The van der Waals surface area contributed by atoms with Gasteiger partial charge in [0.25, 0.3) is 0 Å². The highest BCUT2D eigenvalue weighted by molar-refractivity contribution is 5.83. The van der Waals surface area contributed by atoms with E-state index in [4.69, 9.17) is 9.47 Å². The number of aliphatic hydroxyl groups is 2. The molecular weight excluding hydrogens is 493 g/mol. The molecule has 0 unspecified atom stereocenters. The van der Waals surface area contributed by atoms with Crippen molar-refractivity contribution in [1.82, 2.24) is 29.5 Å². The summed E-state index contributed by atoms with van der Waals surface area (Å²) in [5.41, 5.74) is 3.39. The number of pyridine rings is 1. The number of halogens is 1. The molecular formula is C26H26FN7O4. The molecule has 0 amide bonds. The van der Waals surface area contributed by atoms with Crippen LogP contribution in [0, 0.1) is 5.82 Å². The fraction of sp³-hybridized carbons (Fsp3) is 0.308. The second kappa shape index (κ2) is 10.1. The number of fused-ring (bicyclic) bond motifs is 2. The number of nitrogens with one attached hydrogen (secondary N) is 1. The Kier molecular flexibility index (Phi) is 6.45. The Morgan fingerprint density at radius 1 is 1.11 bits per heavy atom. The zero-order valence-electron chi connectivity index (χ0n) is 20.5. The molecule has 6 rings (SSSR count). The zero-order chi connectivity index (χ0) is 26.2. The predicted octanol–water partition coefficient (Wildman–Crippen LogP) is 2.31. The average molecular weight is 520 g/mol. The SMILES string of the molecule is CN(Cc1cccc(F)c1)c1ncnc2c1ncn2[C@@H]1O[C@H](COCc2cnc3[nH]ccc3c2)[C@@H](O)[C@H]1O. The summed E-state index contributed by atoms with van der Waals surface area (Å²) >= 11 is 0. The standard InChI is InChI=1S/C26H26FN7O4/c1-33(10-15-3-2-4-18(27)8-15)24-20-25(31-13-30-24)34(14-32-20)26-22(36)21(35)19(38-26)12-37-11-16-7-17-5-6-28-23(17)29-9-16/h2-9,13-14,19,21-22,26,35-36H,10-12H2,1H3,(H,28,29)/t19-,21-,22-,26-/m1/s1. The van der Waals surface area contributed by atoms with Crippen LogP contribution in [0.25, 0.3) is 22.2 Å². The van der Waals surface area contributed by atoms with Crippen LogP contribution in [-0.4, -0.2) is 71.7 Å². The van der Waals surface area contributed by atoms with Crippen LogP contribution in [0.3, 0.4) is 0 Å². The molecule has 5 heterocycles. The summed E-state index contributed by atoms with van der Waals surface area (Å²) in [6.07, 6.45) is 2.38. The van der Waals surface area contributed by atoms with Gasteiger partial charge >= 0.3 is 0 Å². The lowest BCUT2D eigenvalue weighted by Gasteiger charge is -2.19. The molecule has 38 heavy (non-hydrogen) atoms. The number of aromatic nitrogens is 6. The molecule has 196 valence electrons. The summed E-state index contributed by atoms with van der Waals surface area (Å²) in [6.45, 7) is 0.761. The topological polar surface area (TPSA) is 134 Å². The van der Waals surface area contributed by atoms with E-state index in [1.54, 1.807) is 16.8 Å². The fourth-order valence-electron chi connectivity index (χ4n) is 4.74. The first-order valence-corrected chi connectivity index (χ1v) is 12.1. The molecule has 3 N–H and O–H groups in total. The molecule has 0 aliphatic carbocycles. The van der Waals surface area contributed by atoms with Crippen molar-refractivity contribution in [2.45, 2.75) is 37.7 Å². The Balaban J connectivity index is 1.15. The maximum atomic E-state index is 13.6.